The molecule has 4 nitrogen and oxygen atoms in total. The van der Waals surface area contributed by atoms with Crippen LogP contribution in [-0.4, -0.2) is 16.3 Å². The summed E-state index contributed by atoms with van der Waals surface area (Å²) < 4.78 is 0. The number of hydrogen-bond acceptors (Lipinski definition) is 3. The number of aromatic nitrogens is 1. The van der Waals surface area contributed by atoms with Crippen LogP contribution in [0.15, 0.2) is 65.8 Å². The van der Waals surface area contributed by atoms with E-state index in [2.05, 4.69) is 20.8 Å². The zero-order valence-corrected chi connectivity index (χ0v) is 13.5. The van der Waals surface area contributed by atoms with E-state index in [1.165, 1.54) is 0 Å². The van der Waals surface area contributed by atoms with Gasteiger partial charge in [-0.3, -0.25) is 5.43 Å². The Kier molecular flexibility index (Phi) is 4.59. The molecule has 1 aromatic heterocycles. The Morgan fingerprint density at radius 2 is 1.83 bits per heavy atom. The monoisotopic (exact) mass is 320 g/mol. The van der Waals surface area contributed by atoms with E-state index in [1.54, 1.807) is 6.21 Å². The summed E-state index contributed by atoms with van der Waals surface area (Å²) in [5.41, 5.74) is 6.60. The van der Waals surface area contributed by atoms with Gasteiger partial charge in [-0.1, -0.05) is 42.5 Å². The molecule has 1 heterocycles. The second-order valence-electron chi connectivity index (χ2n) is 5.07. The summed E-state index contributed by atoms with van der Waals surface area (Å²) >= 11 is 5.23. The molecule has 2 aromatic carbocycles. The van der Waals surface area contributed by atoms with Gasteiger partial charge < -0.3 is 5.32 Å². The van der Waals surface area contributed by atoms with Crippen molar-refractivity contribution in [2.75, 3.05) is 5.32 Å². The van der Waals surface area contributed by atoms with Crippen molar-refractivity contribution >= 4 is 40.1 Å². The van der Waals surface area contributed by atoms with Crippen LogP contribution in [0.1, 0.15) is 11.3 Å². The number of thiocarbonyl (C=S) groups is 1. The fourth-order valence-electron chi connectivity index (χ4n) is 2.17. The van der Waals surface area contributed by atoms with Crippen molar-refractivity contribution < 1.29 is 0 Å². The second kappa shape index (κ2) is 6.98. The molecular weight excluding hydrogens is 304 g/mol. The molecule has 0 aliphatic rings. The molecule has 0 aliphatic heterocycles. The zero-order valence-electron chi connectivity index (χ0n) is 12.7. The maximum atomic E-state index is 5.23. The van der Waals surface area contributed by atoms with Gasteiger partial charge in [-0.05, 0) is 42.9 Å². The van der Waals surface area contributed by atoms with Gasteiger partial charge >= 0.3 is 0 Å². The van der Waals surface area contributed by atoms with Crippen LogP contribution in [0.3, 0.4) is 0 Å². The Morgan fingerprint density at radius 1 is 1.04 bits per heavy atom. The SMILES string of the molecule is Cc1ccccc1NC(=S)N/N=C/c1ccc2ccccc2n1. The van der Waals surface area contributed by atoms with E-state index < -0.39 is 0 Å². The Bertz CT molecular complexity index is 874. The van der Waals surface area contributed by atoms with Gasteiger partial charge in [-0.25, -0.2) is 4.98 Å². The van der Waals surface area contributed by atoms with E-state index in [0.717, 1.165) is 27.8 Å². The molecule has 5 heteroatoms. The van der Waals surface area contributed by atoms with Gasteiger partial charge in [0.1, 0.15) is 0 Å². The van der Waals surface area contributed by atoms with Crippen molar-refractivity contribution in [3.8, 4) is 0 Å². The minimum atomic E-state index is 0.441. The van der Waals surface area contributed by atoms with Gasteiger partial charge in [0.25, 0.3) is 0 Å². The number of aryl methyl sites for hydroxylation is 1. The molecule has 3 aromatic rings. The van der Waals surface area contributed by atoms with Crippen molar-refractivity contribution in [1.82, 2.24) is 10.4 Å². The van der Waals surface area contributed by atoms with Crippen LogP contribution in [0.25, 0.3) is 10.9 Å². The van der Waals surface area contributed by atoms with Gasteiger partial charge in [0.15, 0.2) is 5.11 Å². The smallest absolute Gasteiger partial charge is 0.191 e. The van der Waals surface area contributed by atoms with Gasteiger partial charge in [0.05, 0.1) is 17.4 Å². The van der Waals surface area contributed by atoms with Crippen molar-refractivity contribution in [1.29, 1.82) is 0 Å². The highest BCUT2D eigenvalue weighted by Gasteiger charge is 1.99. The second-order valence-corrected chi connectivity index (χ2v) is 5.48. The van der Waals surface area contributed by atoms with Crippen LogP contribution in [-0.2, 0) is 0 Å². The van der Waals surface area contributed by atoms with Crippen LogP contribution >= 0.6 is 12.2 Å². The Balaban J connectivity index is 1.63. The first-order valence-electron chi connectivity index (χ1n) is 7.24. The summed E-state index contributed by atoms with van der Waals surface area (Å²) in [4.78, 5) is 4.52. The molecule has 0 radical (unpaired) electrons. The number of fused-ring (bicyclic) bond motifs is 1. The average Bonchev–Trinajstić information content (AvgIpc) is 2.57. The van der Waals surface area contributed by atoms with Crippen LogP contribution in [0, 0.1) is 6.92 Å². The number of pyridine rings is 1. The number of anilines is 1. The van der Waals surface area contributed by atoms with Gasteiger partial charge in [0, 0.05) is 11.1 Å². The third kappa shape index (κ3) is 3.90. The highest BCUT2D eigenvalue weighted by molar-refractivity contribution is 7.80. The lowest BCUT2D eigenvalue weighted by molar-refractivity contribution is 1.05. The molecule has 0 fully saturated rings. The minimum absolute atomic E-state index is 0.441. The largest absolute Gasteiger partial charge is 0.331 e. The molecule has 3 rings (SSSR count). The van der Waals surface area contributed by atoms with Crippen molar-refractivity contribution in [3.63, 3.8) is 0 Å². The maximum absolute atomic E-state index is 5.23. The number of rotatable bonds is 3. The summed E-state index contributed by atoms with van der Waals surface area (Å²) in [6, 6.07) is 19.8. The summed E-state index contributed by atoms with van der Waals surface area (Å²) in [7, 11) is 0. The predicted octanol–water partition coefficient (Wildman–Crippen LogP) is 3.86. The number of hydrazone groups is 1. The molecule has 0 saturated heterocycles. The van der Waals surface area contributed by atoms with Gasteiger partial charge in [-0.15, -0.1) is 0 Å². The van der Waals surface area contributed by atoms with E-state index in [4.69, 9.17) is 12.2 Å². The first-order chi connectivity index (χ1) is 11.2. The van der Waals surface area contributed by atoms with E-state index >= 15 is 0 Å². The standard InChI is InChI=1S/C18H16N4S/c1-13-6-2-4-8-16(13)21-18(23)22-19-12-15-11-10-14-7-3-5-9-17(14)20-15/h2-12H,1H3,(H2,21,22,23)/b19-12+. The molecule has 0 unspecified atom stereocenters. The topological polar surface area (TPSA) is 49.3 Å². The molecule has 0 amide bonds. The third-order valence-electron chi connectivity index (χ3n) is 3.38. The third-order valence-corrected chi connectivity index (χ3v) is 3.57. The number of benzene rings is 2. The molecule has 0 bridgehead atoms. The lowest BCUT2D eigenvalue weighted by atomic mass is 10.2. The summed E-state index contributed by atoms with van der Waals surface area (Å²) in [6.07, 6.45) is 1.65. The summed E-state index contributed by atoms with van der Waals surface area (Å²) in [5, 5.41) is 8.79. The predicted molar refractivity (Wildman–Crippen MR) is 99.9 cm³/mol. The highest BCUT2D eigenvalue weighted by Crippen LogP contribution is 2.13. The Labute approximate surface area is 140 Å². The lowest BCUT2D eigenvalue weighted by Gasteiger charge is -2.09. The molecule has 0 spiro atoms. The van der Waals surface area contributed by atoms with Crippen LogP contribution in [0.5, 0.6) is 0 Å². The summed E-state index contributed by atoms with van der Waals surface area (Å²) in [6.45, 7) is 2.02. The molecular formula is C18H16N4S. The number of hydrogen-bond donors (Lipinski definition) is 2. The Hall–Kier alpha value is -2.79. The molecule has 0 atom stereocenters. The van der Waals surface area contributed by atoms with E-state index in [0.29, 0.717) is 5.11 Å². The normalized spacial score (nSPS) is 10.8. The number of nitrogens with zero attached hydrogens (tertiary/aromatic N) is 2. The Morgan fingerprint density at radius 3 is 2.70 bits per heavy atom. The maximum Gasteiger partial charge on any atom is 0.191 e. The molecule has 114 valence electrons. The first-order valence-corrected chi connectivity index (χ1v) is 7.65. The fraction of sp³-hybridized carbons (Fsp3) is 0.0556. The zero-order chi connectivity index (χ0) is 16.1. The van der Waals surface area contributed by atoms with Crippen LogP contribution in [0.2, 0.25) is 0 Å². The minimum Gasteiger partial charge on any atom is -0.331 e. The van der Waals surface area contributed by atoms with Gasteiger partial charge in [-0.2, -0.15) is 5.10 Å². The van der Waals surface area contributed by atoms with Crippen LogP contribution < -0.4 is 10.7 Å². The van der Waals surface area contributed by atoms with Crippen LogP contribution in [0.4, 0.5) is 5.69 Å². The average molecular weight is 320 g/mol. The van der Waals surface area contributed by atoms with E-state index in [9.17, 15) is 0 Å². The lowest BCUT2D eigenvalue weighted by Crippen LogP contribution is -2.24. The number of para-hydroxylation sites is 2. The molecule has 2 N–H and O–H groups in total. The molecule has 0 saturated carbocycles. The van der Waals surface area contributed by atoms with Crippen molar-refractivity contribution in [2.24, 2.45) is 5.10 Å². The highest BCUT2D eigenvalue weighted by atomic mass is 32.1. The number of nitrogens with one attached hydrogen (secondary N) is 2. The first kappa shape index (κ1) is 15.1. The van der Waals surface area contributed by atoms with Crippen molar-refractivity contribution in [2.45, 2.75) is 6.92 Å². The van der Waals surface area contributed by atoms with Gasteiger partial charge in [0.2, 0.25) is 0 Å². The molecule has 23 heavy (non-hydrogen) atoms. The van der Waals surface area contributed by atoms with E-state index in [-0.39, 0.29) is 0 Å². The molecule has 0 aliphatic carbocycles. The van der Waals surface area contributed by atoms with Crippen molar-refractivity contribution in [3.05, 3.63) is 71.9 Å². The quantitative estimate of drug-likeness (QED) is 0.437. The van der Waals surface area contributed by atoms with E-state index in [1.807, 2.05) is 67.6 Å². The fourth-order valence-corrected chi connectivity index (χ4v) is 2.34. The summed E-state index contributed by atoms with van der Waals surface area (Å²) in [5.74, 6) is 0.